The van der Waals surface area contributed by atoms with Gasteiger partial charge in [-0.25, -0.2) is 4.79 Å². The minimum atomic E-state index is -1.03. The van der Waals surface area contributed by atoms with Crippen LogP contribution in [0.2, 0.25) is 0 Å². The van der Waals surface area contributed by atoms with Gasteiger partial charge in [0.05, 0.1) is 0 Å². The van der Waals surface area contributed by atoms with Gasteiger partial charge in [0.2, 0.25) is 5.13 Å². The summed E-state index contributed by atoms with van der Waals surface area (Å²) in [6.07, 6.45) is -1.03. The van der Waals surface area contributed by atoms with Gasteiger partial charge in [-0.2, -0.15) is 0 Å². The summed E-state index contributed by atoms with van der Waals surface area (Å²) in [5, 5.41) is 17.0. The van der Waals surface area contributed by atoms with E-state index in [9.17, 15) is 4.79 Å². The Labute approximate surface area is 67.3 Å². The number of hydrogen-bond acceptors (Lipinski definition) is 4. The topological polar surface area (TPSA) is 66.3 Å². The zero-order valence-electron chi connectivity index (χ0n) is 6.11. The summed E-state index contributed by atoms with van der Waals surface area (Å²) in [6, 6.07) is 0. The van der Waals surface area contributed by atoms with Gasteiger partial charge in [-0.15, -0.1) is 10.2 Å². The molecule has 0 atom stereocenters. The predicted octanol–water partition coefficient (Wildman–Crippen LogP) is 0.961. The van der Waals surface area contributed by atoms with Gasteiger partial charge in [-0.3, -0.25) is 4.90 Å². The highest BCUT2D eigenvalue weighted by Crippen LogP contribution is 2.17. The third-order valence-corrected chi connectivity index (χ3v) is 2.00. The van der Waals surface area contributed by atoms with Crippen LogP contribution in [0.3, 0.4) is 0 Å². The number of anilines is 1. The van der Waals surface area contributed by atoms with E-state index in [1.54, 1.807) is 6.92 Å². The molecule has 1 amide bonds. The lowest BCUT2D eigenvalue weighted by Gasteiger charge is -2.05. The fraction of sp³-hybridized carbons (Fsp3) is 0.400. The van der Waals surface area contributed by atoms with Crippen molar-refractivity contribution in [3.8, 4) is 0 Å². The van der Waals surface area contributed by atoms with Crippen molar-refractivity contribution in [2.75, 3.05) is 11.9 Å². The minimum absolute atomic E-state index is 0.398. The smallest absolute Gasteiger partial charge is 0.413 e. The van der Waals surface area contributed by atoms with E-state index in [1.807, 2.05) is 0 Å². The second-order valence-electron chi connectivity index (χ2n) is 1.95. The van der Waals surface area contributed by atoms with Crippen LogP contribution in [0.5, 0.6) is 0 Å². The molecule has 6 heteroatoms. The number of aromatic nitrogens is 2. The van der Waals surface area contributed by atoms with E-state index in [1.165, 1.54) is 18.4 Å². The van der Waals surface area contributed by atoms with Crippen molar-refractivity contribution in [1.29, 1.82) is 0 Å². The quantitative estimate of drug-likeness (QED) is 0.686. The third-order valence-electron chi connectivity index (χ3n) is 1.09. The summed E-state index contributed by atoms with van der Waals surface area (Å²) in [5.74, 6) is 0. The first-order valence-electron chi connectivity index (χ1n) is 2.88. The van der Waals surface area contributed by atoms with Crippen LogP contribution in [0.25, 0.3) is 0 Å². The Morgan fingerprint density at radius 3 is 2.64 bits per heavy atom. The minimum Gasteiger partial charge on any atom is -0.465 e. The molecule has 0 aliphatic carbocycles. The lowest BCUT2D eigenvalue weighted by molar-refractivity contribution is 0.203. The fourth-order valence-corrected chi connectivity index (χ4v) is 1.15. The van der Waals surface area contributed by atoms with E-state index in [0.717, 1.165) is 9.91 Å². The van der Waals surface area contributed by atoms with Crippen molar-refractivity contribution in [2.45, 2.75) is 6.92 Å². The number of amides is 1. The standard InChI is InChI=1S/C5H7N3O2S/c1-3-6-7-4(11-3)8(2)5(9)10/h1-2H3,(H,9,10). The summed E-state index contributed by atoms with van der Waals surface area (Å²) in [5.41, 5.74) is 0. The first-order valence-corrected chi connectivity index (χ1v) is 3.69. The third kappa shape index (κ3) is 1.64. The van der Waals surface area contributed by atoms with Crippen LogP contribution in [0, 0.1) is 6.92 Å². The Morgan fingerprint density at radius 2 is 2.27 bits per heavy atom. The summed E-state index contributed by atoms with van der Waals surface area (Å²) in [4.78, 5) is 11.4. The molecule has 0 aromatic carbocycles. The molecule has 0 aliphatic rings. The molecule has 5 nitrogen and oxygen atoms in total. The average molecular weight is 173 g/mol. The van der Waals surface area contributed by atoms with Crippen molar-refractivity contribution in [3.63, 3.8) is 0 Å². The molecule has 0 aliphatic heterocycles. The van der Waals surface area contributed by atoms with E-state index in [-0.39, 0.29) is 0 Å². The zero-order chi connectivity index (χ0) is 8.43. The Hall–Kier alpha value is -1.17. The van der Waals surface area contributed by atoms with Crippen molar-refractivity contribution >= 4 is 22.6 Å². The molecule has 0 fully saturated rings. The number of rotatable bonds is 1. The molecule has 0 saturated carbocycles. The maximum absolute atomic E-state index is 10.4. The maximum atomic E-state index is 10.4. The zero-order valence-corrected chi connectivity index (χ0v) is 6.92. The van der Waals surface area contributed by atoms with E-state index in [2.05, 4.69) is 10.2 Å². The molecule has 0 bridgehead atoms. The largest absolute Gasteiger partial charge is 0.465 e. The highest BCUT2D eigenvalue weighted by atomic mass is 32.1. The van der Waals surface area contributed by atoms with Crippen LogP contribution in [0.15, 0.2) is 0 Å². The molecule has 1 N–H and O–H groups in total. The van der Waals surface area contributed by atoms with Gasteiger partial charge in [0.25, 0.3) is 0 Å². The van der Waals surface area contributed by atoms with Crippen molar-refractivity contribution in [2.24, 2.45) is 0 Å². The predicted molar refractivity (Wildman–Crippen MR) is 41.1 cm³/mol. The van der Waals surface area contributed by atoms with Crippen LogP contribution in [0.4, 0.5) is 9.93 Å². The summed E-state index contributed by atoms with van der Waals surface area (Å²) in [7, 11) is 1.43. The van der Waals surface area contributed by atoms with Crippen molar-refractivity contribution in [3.05, 3.63) is 5.01 Å². The van der Waals surface area contributed by atoms with Gasteiger partial charge in [0.15, 0.2) is 0 Å². The normalized spacial score (nSPS) is 9.64. The number of hydrogen-bond donors (Lipinski definition) is 1. The fourth-order valence-electron chi connectivity index (χ4n) is 0.503. The van der Waals surface area contributed by atoms with E-state index < -0.39 is 6.09 Å². The maximum Gasteiger partial charge on any atom is 0.413 e. The molecular formula is C5H7N3O2S. The number of nitrogens with zero attached hydrogens (tertiary/aromatic N) is 3. The summed E-state index contributed by atoms with van der Waals surface area (Å²) >= 11 is 1.25. The highest BCUT2D eigenvalue weighted by Gasteiger charge is 2.11. The molecular weight excluding hydrogens is 166 g/mol. The van der Waals surface area contributed by atoms with Gasteiger partial charge in [0.1, 0.15) is 5.01 Å². The molecule has 0 saturated heterocycles. The van der Waals surface area contributed by atoms with Crippen LogP contribution in [0.1, 0.15) is 5.01 Å². The van der Waals surface area contributed by atoms with Gasteiger partial charge >= 0.3 is 6.09 Å². The Bertz CT molecular complexity index is 272. The SMILES string of the molecule is Cc1nnc(N(C)C(=O)O)s1. The second-order valence-corrected chi connectivity index (χ2v) is 3.11. The number of carboxylic acid groups (broad SMARTS) is 1. The summed E-state index contributed by atoms with van der Waals surface area (Å²) in [6.45, 7) is 1.77. The Kier molecular flexibility index (Phi) is 2.04. The molecule has 0 spiro atoms. The van der Waals surface area contributed by atoms with Crippen LogP contribution in [-0.4, -0.2) is 28.4 Å². The second kappa shape index (κ2) is 2.83. The van der Waals surface area contributed by atoms with Gasteiger partial charge < -0.3 is 5.11 Å². The van der Waals surface area contributed by atoms with Gasteiger partial charge in [-0.1, -0.05) is 11.3 Å². The molecule has 0 radical (unpaired) electrons. The van der Waals surface area contributed by atoms with E-state index in [4.69, 9.17) is 5.11 Å². The Morgan fingerprint density at radius 1 is 1.64 bits per heavy atom. The lowest BCUT2D eigenvalue weighted by atomic mass is 10.9. The molecule has 1 rings (SSSR count). The van der Waals surface area contributed by atoms with Crippen LogP contribution < -0.4 is 4.90 Å². The molecule has 11 heavy (non-hydrogen) atoms. The lowest BCUT2D eigenvalue weighted by Crippen LogP contribution is -2.23. The van der Waals surface area contributed by atoms with Crippen LogP contribution in [-0.2, 0) is 0 Å². The average Bonchev–Trinajstić information content (AvgIpc) is 2.34. The first kappa shape index (κ1) is 7.93. The molecule has 1 heterocycles. The Balaban J connectivity index is 2.84. The molecule has 1 aromatic heterocycles. The molecule has 0 unspecified atom stereocenters. The van der Waals surface area contributed by atoms with Crippen molar-refractivity contribution < 1.29 is 9.90 Å². The van der Waals surface area contributed by atoms with Gasteiger partial charge in [-0.05, 0) is 6.92 Å². The molecule has 1 aromatic rings. The number of carbonyl (C=O) groups is 1. The monoisotopic (exact) mass is 173 g/mol. The van der Waals surface area contributed by atoms with Crippen LogP contribution >= 0.6 is 11.3 Å². The van der Waals surface area contributed by atoms with Crippen molar-refractivity contribution in [1.82, 2.24) is 10.2 Å². The first-order chi connectivity index (χ1) is 5.11. The number of aryl methyl sites for hydroxylation is 1. The van der Waals surface area contributed by atoms with E-state index >= 15 is 0 Å². The summed E-state index contributed by atoms with van der Waals surface area (Å²) < 4.78 is 0. The highest BCUT2D eigenvalue weighted by molar-refractivity contribution is 7.15. The van der Waals surface area contributed by atoms with Gasteiger partial charge in [0, 0.05) is 7.05 Å². The van der Waals surface area contributed by atoms with E-state index in [0.29, 0.717) is 5.13 Å². The molecule has 60 valence electrons.